The Morgan fingerprint density at radius 3 is 2.47 bits per heavy atom. The summed E-state index contributed by atoms with van der Waals surface area (Å²) in [5.41, 5.74) is -0.0816. The minimum Gasteiger partial charge on any atom is -0.395 e. The van der Waals surface area contributed by atoms with Gasteiger partial charge >= 0.3 is 0 Å². The van der Waals surface area contributed by atoms with Crippen molar-refractivity contribution < 1.29 is 15.1 Å². The van der Waals surface area contributed by atoms with Crippen LogP contribution in [0.4, 0.5) is 17.3 Å². The van der Waals surface area contributed by atoms with Crippen LogP contribution in [-0.2, 0) is 0 Å². The van der Waals surface area contributed by atoms with Gasteiger partial charge in [-0.3, -0.25) is 10.1 Å². The van der Waals surface area contributed by atoms with Crippen molar-refractivity contribution in [3.8, 4) is 0 Å². The number of nitrogens with one attached hydrogen (secondary N) is 1. The summed E-state index contributed by atoms with van der Waals surface area (Å²) in [6.07, 6.45) is 0. The van der Waals surface area contributed by atoms with Crippen LogP contribution in [0.5, 0.6) is 0 Å². The highest BCUT2D eigenvalue weighted by Gasteiger charge is 2.15. The minimum atomic E-state index is -0.498. The second kappa shape index (κ2) is 7.49. The van der Waals surface area contributed by atoms with Gasteiger partial charge in [0.2, 0.25) is 0 Å². The summed E-state index contributed by atoms with van der Waals surface area (Å²) in [6, 6.07) is 2.68. The molecule has 3 N–H and O–H groups in total. The first kappa shape index (κ1) is 15.1. The van der Waals surface area contributed by atoms with E-state index >= 15 is 0 Å². The zero-order valence-electron chi connectivity index (χ0n) is 10.7. The van der Waals surface area contributed by atoms with Gasteiger partial charge in [0.25, 0.3) is 5.69 Å². The van der Waals surface area contributed by atoms with E-state index in [-0.39, 0.29) is 32.0 Å². The first-order chi connectivity index (χ1) is 9.12. The van der Waals surface area contributed by atoms with E-state index < -0.39 is 4.92 Å². The van der Waals surface area contributed by atoms with Crippen LogP contribution in [0.3, 0.4) is 0 Å². The summed E-state index contributed by atoms with van der Waals surface area (Å²) in [4.78, 5) is 16.2. The Kier molecular flexibility index (Phi) is 5.97. The molecule has 1 heterocycles. The molecule has 0 aliphatic heterocycles. The van der Waals surface area contributed by atoms with Gasteiger partial charge in [-0.05, 0) is 6.92 Å². The van der Waals surface area contributed by atoms with Crippen molar-refractivity contribution in [1.29, 1.82) is 0 Å². The van der Waals surface area contributed by atoms with Crippen molar-refractivity contribution in [1.82, 2.24) is 4.98 Å². The van der Waals surface area contributed by atoms with Gasteiger partial charge in [-0.15, -0.1) is 0 Å². The summed E-state index contributed by atoms with van der Waals surface area (Å²) >= 11 is 0. The van der Waals surface area contributed by atoms with Crippen molar-refractivity contribution in [3.05, 3.63) is 22.2 Å². The van der Waals surface area contributed by atoms with Gasteiger partial charge in [0.05, 0.1) is 30.3 Å². The molecule has 0 saturated carbocycles. The molecule has 8 nitrogen and oxygen atoms in total. The zero-order valence-corrected chi connectivity index (χ0v) is 10.7. The lowest BCUT2D eigenvalue weighted by molar-refractivity contribution is -0.384. The summed E-state index contributed by atoms with van der Waals surface area (Å²) in [5.74, 6) is 0.751. The van der Waals surface area contributed by atoms with Crippen LogP contribution < -0.4 is 10.2 Å². The monoisotopic (exact) mass is 270 g/mol. The SMILES string of the molecule is CCNc1cc([N+](=O)[O-])cc(N(CCO)CCO)n1. The highest BCUT2D eigenvalue weighted by atomic mass is 16.6. The zero-order chi connectivity index (χ0) is 14.3. The van der Waals surface area contributed by atoms with Crippen molar-refractivity contribution in [3.63, 3.8) is 0 Å². The fourth-order valence-electron chi connectivity index (χ4n) is 1.62. The van der Waals surface area contributed by atoms with Gasteiger partial charge in [0.1, 0.15) is 11.6 Å². The maximum atomic E-state index is 10.9. The Labute approximate surface area is 110 Å². The second-order valence-corrected chi connectivity index (χ2v) is 3.79. The van der Waals surface area contributed by atoms with Crippen molar-refractivity contribution in [2.24, 2.45) is 0 Å². The van der Waals surface area contributed by atoms with Crippen molar-refractivity contribution in [2.45, 2.75) is 6.92 Å². The van der Waals surface area contributed by atoms with E-state index in [0.29, 0.717) is 18.2 Å². The lowest BCUT2D eigenvalue weighted by atomic mass is 10.3. The van der Waals surface area contributed by atoms with Gasteiger partial charge in [0.15, 0.2) is 0 Å². The number of pyridine rings is 1. The van der Waals surface area contributed by atoms with Crippen LogP contribution in [0.15, 0.2) is 12.1 Å². The predicted octanol–water partition coefficient (Wildman–Crippen LogP) is 0.213. The van der Waals surface area contributed by atoms with Crippen LogP contribution in [-0.4, -0.2) is 53.0 Å². The van der Waals surface area contributed by atoms with Gasteiger partial charge < -0.3 is 20.4 Å². The van der Waals surface area contributed by atoms with Crippen LogP contribution in [0.1, 0.15) is 6.92 Å². The molecule has 0 saturated heterocycles. The highest BCUT2D eigenvalue weighted by Crippen LogP contribution is 2.23. The fraction of sp³-hybridized carbons (Fsp3) is 0.545. The van der Waals surface area contributed by atoms with Crippen LogP contribution >= 0.6 is 0 Å². The number of aliphatic hydroxyl groups excluding tert-OH is 2. The van der Waals surface area contributed by atoms with Crippen molar-refractivity contribution >= 4 is 17.3 Å². The van der Waals surface area contributed by atoms with Crippen molar-refractivity contribution in [2.75, 3.05) is 43.1 Å². The van der Waals surface area contributed by atoms with E-state index in [1.807, 2.05) is 6.92 Å². The molecule has 0 aliphatic rings. The van der Waals surface area contributed by atoms with Gasteiger partial charge in [-0.2, -0.15) is 0 Å². The molecule has 0 bridgehead atoms. The average Bonchev–Trinajstić information content (AvgIpc) is 2.38. The highest BCUT2D eigenvalue weighted by molar-refractivity contribution is 5.55. The normalized spacial score (nSPS) is 10.3. The summed E-state index contributed by atoms with van der Waals surface area (Å²) in [7, 11) is 0. The molecule has 19 heavy (non-hydrogen) atoms. The number of nitro groups is 1. The van der Waals surface area contributed by atoms with Gasteiger partial charge in [-0.1, -0.05) is 0 Å². The molecule has 0 radical (unpaired) electrons. The van der Waals surface area contributed by atoms with Crippen LogP contribution in [0.2, 0.25) is 0 Å². The molecule has 0 aliphatic carbocycles. The standard InChI is InChI=1S/C11H18N4O4/c1-2-12-10-7-9(15(18)19)8-11(13-10)14(3-5-16)4-6-17/h7-8,16-17H,2-6H2,1H3,(H,12,13). The molecule has 0 unspecified atom stereocenters. The molecule has 0 spiro atoms. The van der Waals surface area contributed by atoms with E-state index in [1.165, 1.54) is 12.1 Å². The number of aliphatic hydroxyl groups is 2. The third-order valence-electron chi connectivity index (χ3n) is 2.43. The number of rotatable bonds is 8. The first-order valence-corrected chi connectivity index (χ1v) is 5.99. The molecule has 0 amide bonds. The van der Waals surface area contributed by atoms with Crippen LogP contribution in [0, 0.1) is 10.1 Å². The Morgan fingerprint density at radius 1 is 1.37 bits per heavy atom. The third-order valence-corrected chi connectivity index (χ3v) is 2.43. The Morgan fingerprint density at radius 2 is 2.00 bits per heavy atom. The smallest absolute Gasteiger partial charge is 0.276 e. The number of hydrogen-bond acceptors (Lipinski definition) is 7. The van der Waals surface area contributed by atoms with E-state index in [1.54, 1.807) is 4.90 Å². The number of anilines is 2. The Hall–Kier alpha value is -1.93. The maximum absolute atomic E-state index is 10.9. The Bertz CT molecular complexity index is 421. The molecule has 1 rings (SSSR count). The van der Waals surface area contributed by atoms with Gasteiger partial charge in [0, 0.05) is 19.6 Å². The number of hydrogen-bond donors (Lipinski definition) is 3. The van der Waals surface area contributed by atoms with E-state index in [9.17, 15) is 10.1 Å². The number of nitrogens with zero attached hydrogens (tertiary/aromatic N) is 3. The Balaban J connectivity index is 3.11. The van der Waals surface area contributed by atoms with E-state index in [0.717, 1.165) is 0 Å². The molecule has 1 aromatic heterocycles. The lowest BCUT2D eigenvalue weighted by Gasteiger charge is -2.22. The third kappa shape index (κ3) is 4.34. The molecule has 1 aromatic rings. The molecular weight excluding hydrogens is 252 g/mol. The first-order valence-electron chi connectivity index (χ1n) is 5.99. The summed E-state index contributed by atoms with van der Waals surface area (Å²) < 4.78 is 0. The topological polar surface area (TPSA) is 112 Å². The fourth-order valence-corrected chi connectivity index (χ4v) is 1.62. The summed E-state index contributed by atoms with van der Waals surface area (Å²) in [5, 5.41) is 31.7. The largest absolute Gasteiger partial charge is 0.395 e. The number of aromatic nitrogens is 1. The lowest BCUT2D eigenvalue weighted by Crippen LogP contribution is -2.30. The second-order valence-electron chi connectivity index (χ2n) is 3.79. The summed E-state index contributed by atoms with van der Waals surface area (Å²) in [6.45, 7) is 2.70. The van der Waals surface area contributed by atoms with Gasteiger partial charge in [-0.25, -0.2) is 4.98 Å². The van der Waals surface area contributed by atoms with Crippen LogP contribution in [0.25, 0.3) is 0 Å². The van der Waals surface area contributed by atoms with E-state index in [4.69, 9.17) is 10.2 Å². The molecule has 8 heteroatoms. The predicted molar refractivity (Wildman–Crippen MR) is 71.4 cm³/mol. The van der Waals surface area contributed by atoms with E-state index in [2.05, 4.69) is 10.3 Å². The average molecular weight is 270 g/mol. The molecule has 106 valence electrons. The maximum Gasteiger partial charge on any atom is 0.276 e. The minimum absolute atomic E-state index is 0.0816. The molecule has 0 fully saturated rings. The molecule has 0 atom stereocenters. The quantitative estimate of drug-likeness (QED) is 0.457. The molecular formula is C11H18N4O4. The molecule has 0 aromatic carbocycles.